The molecule has 0 aliphatic rings. The first kappa shape index (κ1) is 10.8. The van der Waals surface area contributed by atoms with E-state index in [-0.39, 0.29) is 10.8 Å². The lowest BCUT2D eigenvalue weighted by atomic mass is 10.2. The van der Waals surface area contributed by atoms with Crippen LogP contribution < -0.4 is 5.73 Å². The summed E-state index contributed by atoms with van der Waals surface area (Å²) < 4.78 is 5.41. The largest absolute Gasteiger partial charge is 0.379 e. The monoisotopic (exact) mass is 176 g/mol. The predicted molar refractivity (Wildman–Crippen MR) is 50.1 cm³/mol. The van der Waals surface area contributed by atoms with Crippen LogP contribution in [0, 0.1) is 5.41 Å². The van der Waals surface area contributed by atoms with Crippen LogP contribution in [0.2, 0.25) is 0 Å². The highest BCUT2D eigenvalue weighted by Crippen LogP contribution is 2.07. The van der Waals surface area contributed by atoms with Crippen molar-refractivity contribution in [1.29, 1.82) is 5.41 Å². The Balaban J connectivity index is 3.22. The molecule has 0 aliphatic carbocycles. The van der Waals surface area contributed by atoms with E-state index in [9.17, 15) is 0 Å². The molecule has 0 saturated carbocycles. The molecule has 11 heavy (non-hydrogen) atoms. The fourth-order valence-electron chi connectivity index (χ4n) is 0.499. The van der Waals surface area contributed by atoms with Crippen LogP contribution in [0.15, 0.2) is 0 Å². The smallest absolute Gasteiger partial charge is 0.151 e. The van der Waals surface area contributed by atoms with Crippen LogP contribution in [0.5, 0.6) is 0 Å². The molecule has 66 valence electrons. The molecule has 0 heterocycles. The van der Waals surface area contributed by atoms with Gasteiger partial charge in [0.2, 0.25) is 0 Å². The summed E-state index contributed by atoms with van der Waals surface area (Å²) in [5.41, 5.74) is 5.05. The van der Waals surface area contributed by atoms with Crippen molar-refractivity contribution in [2.75, 3.05) is 12.4 Å². The average molecular weight is 176 g/mol. The van der Waals surface area contributed by atoms with Crippen LogP contribution >= 0.6 is 11.8 Å². The molecule has 0 bridgehead atoms. The van der Waals surface area contributed by atoms with Gasteiger partial charge in [-0.05, 0) is 20.8 Å². The minimum atomic E-state index is -0.0860. The van der Waals surface area contributed by atoms with Crippen LogP contribution in [0.4, 0.5) is 0 Å². The zero-order valence-electron chi connectivity index (χ0n) is 7.31. The second-order valence-corrected chi connectivity index (χ2v) is 4.31. The maximum atomic E-state index is 6.91. The summed E-state index contributed by atoms with van der Waals surface area (Å²) in [6, 6.07) is 0. The first-order valence-electron chi connectivity index (χ1n) is 3.52. The Labute approximate surface area is 72.2 Å². The zero-order valence-corrected chi connectivity index (χ0v) is 8.12. The average Bonchev–Trinajstić information content (AvgIpc) is 1.78. The summed E-state index contributed by atoms with van der Waals surface area (Å²) in [5.74, 6) is 0.757. The Kier molecular flexibility index (Phi) is 4.52. The van der Waals surface area contributed by atoms with Crippen molar-refractivity contribution in [3.63, 3.8) is 0 Å². The molecule has 0 amide bonds. The third-order valence-electron chi connectivity index (χ3n) is 0.876. The molecule has 0 radical (unpaired) electrons. The minimum Gasteiger partial charge on any atom is -0.379 e. The van der Waals surface area contributed by atoms with Gasteiger partial charge in [-0.15, -0.1) is 0 Å². The lowest BCUT2D eigenvalue weighted by Crippen LogP contribution is -2.21. The molecular formula is C7H16N2OS. The van der Waals surface area contributed by atoms with Crippen LogP contribution in [0.25, 0.3) is 0 Å². The highest BCUT2D eigenvalue weighted by molar-refractivity contribution is 8.13. The van der Waals surface area contributed by atoms with Gasteiger partial charge in [-0.1, -0.05) is 11.8 Å². The maximum absolute atomic E-state index is 6.91. The number of hydrogen-bond acceptors (Lipinski definition) is 3. The highest BCUT2D eigenvalue weighted by atomic mass is 32.2. The lowest BCUT2D eigenvalue weighted by Gasteiger charge is -2.18. The van der Waals surface area contributed by atoms with Crippen molar-refractivity contribution in [2.45, 2.75) is 26.4 Å². The van der Waals surface area contributed by atoms with Crippen molar-refractivity contribution < 1.29 is 4.74 Å². The Bertz CT molecular complexity index is 131. The SMILES string of the molecule is CC(C)(C)OCCSC(=N)N. The summed E-state index contributed by atoms with van der Waals surface area (Å²) in [4.78, 5) is 0. The fourth-order valence-corrected chi connectivity index (χ4v) is 0.886. The molecule has 0 saturated heterocycles. The van der Waals surface area contributed by atoms with E-state index in [0.717, 1.165) is 5.75 Å². The van der Waals surface area contributed by atoms with Crippen molar-refractivity contribution >= 4 is 16.9 Å². The van der Waals surface area contributed by atoms with Gasteiger partial charge in [0.25, 0.3) is 0 Å². The Morgan fingerprint density at radius 2 is 2.09 bits per heavy atom. The van der Waals surface area contributed by atoms with Crippen molar-refractivity contribution in [1.82, 2.24) is 0 Å². The number of hydrogen-bond donors (Lipinski definition) is 2. The molecule has 0 aromatic heterocycles. The second kappa shape index (κ2) is 4.62. The highest BCUT2D eigenvalue weighted by Gasteiger charge is 2.08. The summed E-state index contributed by atoms with van der Waals surface area (Å²) in [5, 5.41) is 7.07. The molecule has 0 aliphatic heterocycles. The van der Waals surface area contributed by atoms with Gasteiger partial charge in [-0.3, -0.25) is 5.41 Å². The topological polar surface area (TPSA) is 59.1 Å². The van der Waals surface area contributed by atoms with E-state index in [1.165, 1.54) is 11.8 Å². The molecule has 0 atom stereocenters. The Morgan fingerprint density at radius 3 is 2.45 bits per heavy atom. The molecule has 4 heteroatoms. The summed E-state index contributed by atoms with van der Waals surface area (Å²) in [7, 11) is 0. The number of nitrogens with one attached hydrogen (secondary N) is 1. The molecule has 3 N–H and O–H groups in total. The van der Waals surface area contributed by atoms with Gasteiger partial charge in [-0.2, -0.15) is 0 Å². The van der Waals surface area contributed by atoms with E-state index in [0.29, 0.717) is 6.61 Å². The summed E-state index contributed by atoms with van der Waals surface area (Å²) in [6.45, 7) is 6.66. The lowest BCUT2D eigenvalue weighted by molar-refractivity contribution is 0.00700. The Morgan fingerprint density at radius 1 is 1.55 bits per heavy atom. The summed E-state index contributed by atoms with van der Waals surface area (Å²) >= 11 is 1.31. The van der Waals surface area contributed by atoms with E-state index >= 15 is 0 Å². The third kappa shape index (κ3) is 9.78. The van der Waals surface area contributed by atoms with Gasteiger partial charge in [0, 0.05) is 5.75 Å². The fraction of sp³-hybridized carbons (Fsp3) is 0.857. The van der Waals surface area contributed by atoms with Gasteiger partial charge in [0.1, 0.15) is 0 Å². The van der Waals surface area contributed by atoms with Crippen LogP contribution in [-0.2, 0) is 4.74 Å². The van der Waals surface area contributed by atoms with E-state index in [2.05, 4.69) is 0 Å². The van der Waals surface area contributed by atoms with Crippen LogP contribution in [0.3, 0.4) is 0 Å². The predicted octanol–water partition coefficient (Wildman–Crippen LogP) is 1.43. The molecule has 0 unspecified atom stereocenters. The zero-order chi connectivity index (χ0) is 8.91. The first-order valence-corrected chi connectivity index (χ1v) is 4.51. The molecule has 0 spiro atoms. The van der Waals surface area contributed by atoms with Gasteiger partial charge in [0.05, 0.1) is 12.2 Å². The standard InChI is InChI=1S/C7H16N2OS/c1-7(2,3)10-4-5-11-6(8)9/h4-5H2,1-3H3,(H3,8,9). The van der Waals surface area contributed by atoms with Gasteiger partial charge >= 0.3 is 0 Å². The van der Waals surface area contributed by atoms with Crippen LogP contribution in [-0.4, -0.2) is 23.1 Å². The molecule has 0 rings (SSSR count). The number of nitrogens with two attached hydrogens (primary N) is 1. The van der Waals surface area contributed by atoms with Crippen molar-refractivity contribution in [3.05, 3.63) is 0 Å². The number of thioether (sulfide) groups is 1. The number of amidine groups is 1. The second-order valence-electron chi connectivity index (χ2n) is 3.17. The van der Waals surface area contributed by atoms with E-state index in [4.69, 9.17) is 15.9 Å². The quantitative estimate of drug-likeness (QED) is 0.388. The molecule has 0 fully saturated rings. The number of rotatable bonds is 3. The van der Waals surface area contributed by atoms with Crippen LogP contribution in [0.1, 0.15) is 20.8 Å². The van der Waals surface area contributed by atoms with E-state index in [1.807, 2.05) is 20.8 Å². The first-order chi connectivity index (χ1) is 4.92. The Hall–Kier alpha value is -0.220. The molecular weight excluding hydrogens is 160 g/mol. The normalized spacial score (nSPS) is 11.5. The molecule has 0 aromatic carbocycles. The van der Waals surface area contributed by atoms with Gasteiger partial charge < -0.3 is 10.5 Å². The van der Waals surface area contributed by atoms with Crippen molar-refractivity contribution in [3.8, 4) is 0 Å². The number of ether oxygens (including phenoxy) is 1. The third-order valence-corrected chi connectivity index (χ3v) is 1.56. The van der Waals surface area contributed by atoms with Gasteiger partial charge in [-0.25, -0.2) is 0 Å². The summed E-state index contributed by atoms with van der Waals surface area (Å²) in [6.07, 6.45) is 0. The molecule has 3 nitrogen and oxygen atoms in total. The van der Waals surface area contributed by atoms with E-state index < -0.39 is 0 Å². The van der Waals surface area contributed by atoms with Crippen molar-refractivity contribution in [2.24, 2.45) is 5.73 Å². The minimum absolute atomic E-state index is 0.0860. The molecule has 0 aromatic rings. The van der Waals surface area contributed by atoms with Gasteiger partial charge in [0.15, 0.2) is 5.17 Å². The van der Waals surface area contributed by atoms with E-state index in [1.54, 1.807) is 0 Å². The maximum Gasteiger partial charge on any atom is 0.151 e.